The van der Waals surface area contributed by atoms with Gasteiger partial charge in [-0.2, -0.15) is 11.8 Å². The lowest BCUT2D eigenvalue weighted by Crippen LogP contribution is -2.15. The van der Waals surface area contributed by atoms with E-state index in [1.807, 2.05) is 30.8 Å². The standard InChI is InChI=1S/C13H21NOS/c1-11-3-5-13(6-4-11)15-8-10-16-9-7-12(2)14/h3-6,12H,7-10,14H2,1-2H3. The van der Waals surface area contributed by atoms with Gasteiger partial charge in [-0.15, -0.1) is 0 Å². The first-order valence-corrected chi connectivity index (χ1v) is 6.87. The lowest BCUT2D eigenvalue weighted by molar-refractivity contribution is 0.344. The predicted octanol–water partition coefficient (Wildman–Crippen LogP) is 2.84. The second-order valence-electron chi connectivity index (χ2n) is 4.04. The molecule has 90 valence electrons. The van der Waals surface area contributed by atoms with Crippen LogP contribution in [0.25, 0.3) is 0 Å². The van der Waals surface area contributed by atoms with Gasteiger partial charge in [-0.05, 0) is 38.2 Å². The van der Waals surface area contributed by atoms with Crippen LogP contribution in [0.1, 0.15) is 18.9 Å². The molecule has 0 aliphatic heterocycles. The molecular weight excluding hydrogens is 218 g/mol. The Hall–Kier alpha value is -0.670. The third-order valence-electron chi connectivity index (χ3n) is 2.23. The number of nitrogens with two attached hydrogens (primary N) is 1. The van der Waals surface area contributed by atoms with Crippen molar-refractivity contribution >= 4 is 11.8 Å². The Morgan fingerprint density at radius 1 is 1.25 bits per heavy atom. The molecule has 2 N–H and O–H groups in total. The molecular formula is C13H21NOS. The van der Waals surface area contributed by atoms with E-state index in [1.165, 1.54) is 5.56 Å². The van der Waals surface area contributed by atoms with Crippen molar-refractivity contribution in [3.63, 3.8) is 0 Å². The minimum atomic E-state index is 0.311. The molecule has 1 unspecified atom stereocenters. The van der Waals surface area contributed by atoms with Gasteiger partial charge in [0, 0.05) is 11.8 Å². The molecule has 1 aromatic carbocycles. The zero-order valence-electron chi connectivity index (χ0n) is 10.1. The zero-order chi connectivity index (χ0) is 11.8. The summed E-state index contributed by atoms with van der Waals surface area (Å²) in [5.74, 6) is 3.11. The highest BCUT2D eigenvalue weighted by Gasteiger charge is 1.96. The molecule has 0 radical (unpaired) electrons. The van der Waals surface area contributed by atoms with Crippen molar-refractivity contribution in [1.82, 2.24) is 0 Å². The Morgan fingerprint density at radius 2 is 1.94 bits per heavy atom. The van der Waals surface area contributed by atoms with E-state index in [9.17, 15) is 0 Å². The van der Waals surface area contributed by atoms with Crippen molar-refractivity contribution in [2.24, 2.45) is 5.73 Å². The number of rotatable bonds is 7. The fourth-order valence-corrected chi connectivity index (χ4v) is 2.17. The molecule has 0 saturated carbocycles. The Morgan fingerprint density at radius 3 is 2.56 bits per heavy atom. The molecule has 0 aliphatic rings. The molecule has 1 rings (SSSR count). The summed E-state index contributed by atoms with van der Waals surface area (Å²) in [5.41, 5.74) is 6.93. The Bertz CT molecular complexity index is 284. The summed E-state index contributed by atoms with van der Waals surface area (Å²) < 4.78 is 5.62. The van der Waals surface area contributed by atoms with Crippen LogP contribution in [-0.4, -0.2) is 24.2 Å². The van der Waals surface area contributed by atoms with Crippen LogP contribution in [-0.2, 0) is 0 Å². The maximum Gasteiger partial charge on any atom is 0.119 e. The lowest BCUT2D eigenvalue weighted by Gasteiger charge is -2.07. The van der Waals surface area contributed by atoms with Gasteiger partial charge in [-0.25, -0.2) is 0 Å². The maximum absolute atomic E-state index is 5.67. The summed E-state index contributed by atoms with van der Waals surface area (Å²) in [7, 11) is 0. The smallest absolute Gasteiger partial charge is 0.119 e. The Kier molecular flexibility index (Phi) is 6.34. The molecule has 0 spiro atoms. The third kappa shape index (κ3) is 6.03. The van der Waals surface area contributed by atoms with Gasteiger partial charge in [0.1, 0.15) is 5.75 Å². The van der Waals surface area contributed by atoms with Crippen molar-refractivity contribution in [3.8, 4) is 5.75 Å². The van der Waals surface area contributed by atoms with E-state index in [1.54, 1.807) is 0 Å². The van der Waals surface area contributed by atoms with Crippen LogP contribution in [0, 0.1) is 6.92 Å². The van der Waals surface area contributed by atoms with Gasteiger partial charge in [0.15, 0.2) is 0 Å². The fourth-order valence-electron chi connectivity index (χ4n) is 1.22. The van der Waals surface area contributed by atoms with E-state index in [2.05, 4.69) is 19.1 Å². The van der Waals surface area contributed by atoms with Gasteiger partial charge in [0.25, 0.3) is 0 Å². The van der Waals surface area contributed by atoms with Crippen LogP contribution in [0.5, 0.6) is 5.75 Å². The van der Waals surface area contributed by atoms with Gasteiger partial charge in [-0.1, -0.05) is 17.7 Å². The van der Waals surface area contributed by atoms with E-state index in [0.717, 1.165) is 30.3 Å². The van der Waals surface area contributed by atoms with Gasteiger partial charge in [0.05, 0.1) is 6.61 Å². The summed E-state index contributed by atoms with van der Waals surface area (Å²) >= 11 is 1.90. The van der Waals surface area contributed by atoms with Crippen molar-refractivity contribution in [2.75, 3.05) is 18.1 Å². The molecule has 16 heavy (non-hydrogen) atoms. The maximum atomic E-state index is 5.67. The number of hydrogen-bond acceptors (Lipinski definition) is 3. The number of ether oxygens (including phenoxy) is 1. The third-order valence-corrected chi connectivity index (χ3v) is 3.21. The van der Waals surface area contributed by atoms with Crippen molar-refractivity contribution in [1.29, 1.82) is 0 Å². The quantitative estimate of drug-likeness (QED) is 0.743. The van der Waals surface area contributed by atoms with Crippen LogP contribution >= 0.6 is 11.8 Å². The van der Waals surface area contributed by atoms with Crippen LogP contribution < -0.4 is 10.5 Å². The molecule has 3 heteroatoms. The molecule has 2 nitrogen and oxygen atoms in total. The monoisotopic (exact) mass is 239 g/mol. The summed E-state index contributed by atoms with van der Waals surface area (Å²) in [5, 5.41) is 0. The largest absolute Gasteiger partial charge is 0.493 e. The van der Waals surface area contributed by atoms with E-state index in [4.69, 9.17) is 10.5 Å². The Labute approximate surface area is 103 Å². The van der Waals surface area contributed by atoms with Gasteiger partial charge < -0.3 is 10.5 Å². The SMILES string of the molecule is Cc1ccc(OCCSCCC(C)N)cc1. The molecule has 0 aliphatic carbocycles. The molecule has 0 heterocycles. The second kappa shape index (κ2) is 7.58. The minimum absolute atomic E-state index is 0.311. The summed E-state index contributed by atoms with van der Waals surface area (Å²) in [6.07, 6.45) is 1.08. The van der Waals surface area contributed by atoms with Gasteiger partial charge in [-0.3, -0.25) is 0 Å². The first-order chi connectivity index (χ1) is 7.68. The van der Waals surface area contributed by atoms with E-state index < -0.39 is 0 Å². The van der Waals surface area contributed by atoms with E-state index in [-0.39, 0.29) is 0 Å². The first-order valence-electron chi connectivity index (χ1n) is 5.71. The minimum Gasteiger partial charge on any atom is -0.493 e. The number of aryl methyl sites for hydroxylation is 1. The van der Waals surface area contributed by atoms with Crippen molar-refractivity contribution in [3.05, 3.63) is 29.8 Å². The van der Waals surface area contributed by atoms with E-state index >= 15 is 0 Å². The van der Waals surface area contributed by atoms with Crippen LogP contribution in [0.3, 0.4) is 0 Å². The van der Waals surface area contributed by atoms with Crippen LogP contribution in [0.4, 0.5) is 0 Å². The fraction of sp³-hybridized carbons (Fsp3) is 0.538. The average Bonchev–Trinajstić information content (AvgIpc) is 2.25. The number of hydrogen-bond donors (Lipinski definition) is 1. The summed E-state index contributed by atoms with van der Waals surface area (Å²) in [4.78, 5) is 0. The predicted molar refractivity (Wildman–Crippen MR) is 72.3 cm³/mol. The topological polar surface area (TPSA) is 35.2 Å². The van der Waals surface area contributed by atoms with Crippen LogP contribution in [0.15, 0.2) is 24.3 Å². The van der Waals surface area contributed by atoms with Crippen molar-refractivity contribution in [2.45, 2.75) is 26.3 Å². The highest BCUT2D eigenvalue weighted by atomic mass is 32.2. The van der Waals surface area contributed by atoms with Crippen LogP contribution in [0.2, 0.25) is 0 Å². The second-order valence-corrected chi connectivity index (χ2v) is 5.26. The van der Waals surface area contributed by atoms with Gasteiger partial charge >= 0.3 is 0 Å². The molecule has 1 atom stereocenters. The highest BCUT2D eigenvalue weighted by molar-refractivity contribution is 7.99. The molecule has 0 amide bonds. The first kappa shape index (κ1) is 13.4. The highest BCUT2D eigenvalue weighted by Crippen LogP contribution is 2.12. The summed E-state index contributed by atoms with van der Waals surface area (Å²) in [6, 6.07) is 8.48. The molecule has 0 bridgehead atoms. The summed E-state index contributed by atoms with van der Waals surface area (Å²) in [6.45, 7) is 4.89. The normalized spacial score (nSPS) is 12.4. The molecule has 0 fully saturated rings. The van der Waals surface area contributed by atoms with Gasteiger partial charge in [0.2, 0.25) is 0 Å². The molecule has 0 saturated heterocycles. The number of benzene rings is 1. The molecule has 1 aromatic rings. The lowest BCUT2D eigenvalue weighted by atomic mass is 10.2. The van der Waals surface area contributed by atoms with E-state index in [0.29, 0.717) is 6.04 Å². The molecule has 0 aromatic heterocycles. The van der Waals surface area contributed by atoms with Crippen molar-refractivity contribution < 1.29 is 4.74 Å². The average molecular weight is 239 g/mol. The number of thioether (sulfide) groups is 1. The Balaban J connectivity index is 2.05. The zero-order valence-corrected chi connectivity index (χ0v) is 10.9.